The first kappa shape index (κ1) is 25.6. The van der Waals surface area contributed by atoms with Gasteiger partial charge < -0.3 is 14.6 Å². The number of halogens is 3. The lowest BCUT2D eigenvalue weighted by Crippen LogP contribution is -2.71. The predicted molar refractivity (Wildman–Crippen MR) is 123 cm³/mol. The lowest BCUT2D eigenvalue weighted by molar-refractivity contribution is -0.167. The first-order valence-corrected chi connectivity index (χ1v) is 12.5. The van der Waals surface area contributed by atoms with Crippen molar-refractivity contribution in [2.24, 2.45) is 5.41 Å². The summed E-state index contributed by atoms with van der Waals surface area (Å²) in [5.74, 6) is -1.67. The fourth-order valence-electron chi connectivity index (χ4n) is 3.83. The van der Waals surface area contributed by atoms with Crippen molar-refractivity contribution in [3.05, 3.63) is 57.8 Å². The summed E-state index contributed by atoms with van der Waals surface area (Å²) in [6, 6.07) is 9.58. The number of hydrogen-bond donors (Lipinski definition) is 2. The monoisotopic (exact) mass is 543 g/mol. The van der Waals surface area contributed by atoms with Crippen LogP contribution in [-0.2, 0) is 19.6 Å². The van der Waals surface area contributed by atoms with Gasteiger partial charge in [-0.3, -0.25) is 10.1 Å². The highest BCUT2D eigenvalue weighted by atomic mass is 35.5. The molecule has 9 nitrogen and oxygen atoms in total. The summed E-state index contributed by atoms with van der Waals surface area (Å²) < 4.78 is 52.3. The smallest absolute Gasteiger partial charge is 0.328 e. The molecule has 0 atom stereocenters. The summed E-state index contributed by atoms with van der Waals surface area (Å²) >= 11 is 12.0. The third-order valence-corrected chi connectivity index (χ3v) is 8.56. The van der Waals surface area contributed by atoms with Crippen LogP contribution >= 0.6 is 23.2 Å². The SMILES string of the molecule is N#Cc1ccc(OCC2(CNC3(C(=O)O)COC3)CN(S(=O)(=O)c3ccc(Cl)cc3Cl)C2)cc1F. The zero-order valence-electron chi connectivity index (χ0n) is 18.1. The van der Waals surface area contributed by atoms with Crippen LogP contribution in [0.4, 0.5) is 4.39 Å². The molecule has 0 spiro atoms. The second-order valence-electron chi connectivity index (χ2n) is 8.62. The number of hydrogen-bond acceptors (Lipinski definition) is 7. The summed E-state index contributed by atoms with van der Waals surface area (Å²) in [5.41, 5.74) is -2.23. The Labute approximate surface area is 211 Å². The molecule has 4 rings (SSSR count). The fraction of sp³-hybridized carbons (Fsp3) is 0.364. The van der Waals surface area contributed by atoms with Crippen LogP contribution in [-0.4, -0.2) is 68.8 Å². The van der Waals surface area contributed by atoms with Crippen LogP contribution in [0.2, 0.25) is 10.0 Å². The van der Waals surface area contributed by atoms with E-state index in [2.05, 4.69) is 5.32 Å². The van der Waals surface area contributed by atoms with Gasteiger partial charge in [0.2, 0.25) is 10.0 Å². The molecular weight excluding hydrogens is 524 g/mol. The number of sulfonamides is 1. The van der Waals surface area contributed by atoms with Crippen molar-refractivity contribution in [2.75, 3.05) is 39.5 Å². The van der Waals surface area contributed by atoms with Crippen molar-refractivity contribution in [1.82, 2.24) is 9.62 Å². The maximum Gasteiger partial charge on any atom is 0.328 e. The first-order valence-electron chi connectivity index (χ1n) is 10.3. The molecule has 2 N–H and O–H groups in total. The second kappa shape index (κ2) is 9.54. The summed E-state index contributed by atoms with van der Waals surface area (Å²) in [4.78, 5) is 11.6. The van der Waals surface area contributed by atoms with Crippen LogP contribution in [0.1, 0.15) is 5.56 Å². The van der Waals surface area contributed by atoms with Crippen LogP contribution in [0.3, 0.4) is 0 Å². The van der Waals surface area contributed by atoms with E-state index in [9.17, 15) is 22.7 Å². The molecule has 0 aromatic heterocycles. The number of nitrogens with zero attached hydrogens (tertiary/aromatic N) is 2. The number of nitriles is 1. The largest absolute Gasteiger partial charge is 0.493 e. The van der Waals surface area contributed by atoms with E-state index in [0.717, 1.165) is 6.07 Å². The van der Waals surface area contributed by atoms with Gasteiger partial charge in [-0.15, -0.1) is 0 Å². The summed E-state index contributed by atoms with van der Waals surface area (Å²) in [6.45, 7) is 0.00225. The van der Waals surface area contributed by atoms with E-state index < -0.39 is 32.8 Å². The topological polar surface area (TPSA) is 129 Å². The maximum atomic E-state index is 14.0. The van der Waals surface area contributed by atoms with E-state index in [1.807, 2.05) is 0 Å². The minimum absolute atomic E-state index is 0.00337. The van der Waals surface area contributed by atoms with Crippen LogP contribution < -0.4 is 10.1 Å². The van der Waals surface area contributed by atoms with Gasteiger partial charge in [-0.05, 0) is 30.3 Å². The Morgan fingerprint density at radius 1 is 1.26 bits per heavy atom. The maximum absolute atomic E-state index is 14.0. The van der Waals surface area contributed by atoms with Crippen molar-refractivity contribution in [1.29, 1.82) is 5.26 Å². The number of carboxylic acids is 1. The number of benzene rings is 2. The molecule has 0 amide bonds. The Kier molecular flexibility index (Phi) is 6.98. The Bertz CT molecular complexity index is 1310. The van der Waals surface area contributed by atoms with Crippen molar-refractivity contribution in [3.8, 4) is 11.8 Å². The van der Waals surface area contributed by atoms with Gasteiger partial charge in [0.25, 0.3) is 0 Å². The molecule has 2 aliphatic rings. The van der Waals surface area contributed by atoms with E-state index in [1.54, 1.807) is 6.07 Å². The Morgan fingerprint density at radius 2 is 1.97 bits per heavy atom. The number of carboxylic acid groups (broad SMARTS) is 1. The summed E-state index contributed by atoms with van der Waals surface area (Å²) in [6.07, 6.45) is 0. The van der Waals surface area contributed by atoms with Gasteiger partial charge >= 0.3 is 5.97 Å². The average Bonchev–Trinajstić information content (AvgIpc) is 2.73. The molecule has 2 fully saturated rings. The third kappa shape index (κ3) is 4.95. The second-order valence-corrected chi connectivity index (χ2v) is 11.4. The predicted octanol–water partition coefficient (Wildman–Crippen LogP) is 2.52. The van der Waals surface area contributed by atoms with Crippen molar-refractivity contribution >= 4 is 39.2 Å². The lowest BCUT2D eigenvalue weighted by Gasteiger charge is -2.50. The highest BCUT2D eigenvalue weighted by molar-refractivity contribution is 7.89. The third-order valence-electron chi connectivity index (χ3n) is 6.05. The van der Waals surface area contributed by atoms with Gasteiger partial charge in [-0.25, -0.2) is 12.8 Å². The normalized spacial score (nSPS) is 18.7. The Balaban J connectivity index is 1.53. The molecule has 2 aliphatic heterocycles. The van der Waals surface area contributed by atoms with Crippen molar-refractivity contribution in [3.63, 3.8) is 0 Å². The van der Waals surface area contributed by atoms with Gasteiger partial charge in [0.05, 0.1) is 30.4 Å². The highest BCUT2D eigenvalue weighted by Crippen LogP contribution is 2.38. The number of ether oxygens (including phenoxy) is 2. The molecule has 0 bridgehead atoms. The molecule has 0 unspecified atom stereocenters. The molecule has 35 heavy (non-hydrogen) atoms. The molecule has 13 heteroatoms. The lowest BCUT2D eigenvalue weighted by atomic mass is 9.81. The number of nitrogens with one attached hydrogen (secondary N) is 1. The quantitative estimate of drug-likeness (QED) is 0.493. The fourth-order valence-corrected chi connectivity index (χ4v) is 6.24. The molecule has 2 saturated heterocycles. The van der Waals surface area contributed by atoms with Gasteiger partial charge in [0, 0.05) is 36.1 Å². The summed E-state index contributed by atoms with van der Waals surface area (Å²) in [5, 5.41) is 21.7. The van der Waals surface area contributed by atoms with Gasteiger partial charge in [0.15, 0.2) is 5.54 Å². The van der Waals surface area contributed by atoms with Crippen molar-refractivity contribution in [2.45, 2.75) is 10.4 Å². The molecule has 186 valence electrons. The number of aliphatic carboxylic acids is 1. The molecule has 2 heterocycles. The zero-order valence-corrected chi connectivity index (χ0v) is 20.5. The van der Waals surface area contributed by atoms with Crippen molar-refractivity contribution < 1.29 is 32.2 Å². The molecule has 0 aliphatic carbocycles. The van der Waals surface area contributed by atoms with E-state index in [0.29, 0.717) is 5.02 Å². The van der Waals surface area contributed by atoms with Gasteiger partial charge in [0.1, 0.15) is 22.5 Å². The van der Waals surface area contributed by atoms with Crippen LogP contribution in [0.15, 0.2) is 41.3 Å². The van der Waals surface area contributed by atoms with E-state index in [1.165, 1.54) is 34.6 Å². The van der Waals surface area contributed by atoms with Gasteiger partial charge in [-0.2, -0.15) is 9.57 Å². The van der Waals surface area contributed by atoms with Gasteiger partial charge in [-0.1, -0.05) is 23.2 Å². The van der Waals surface area contributed by atoms with Crippen LogP contribution in [0.5, 0.6) is 5.75 Å². The number of carbonyl (C=O) groups is 1. The molecule has 2 aromatic carbocycles. The first-order chi connectivity index (χ1) is 16.5. The average molecular weight is 544 g/mol. The minimum atomic E-state index is -3.96. The minimum Gasteiger partial charge on any atom is -0.493 e. The van der Waals surface area contributed by atoms with E-state index in [-0.39, 0.29) is 60.7 Å². The zero-order chi connectivity index (χ0) is 25.4. The highest BCUT2D eigenvalue weighted by Gasteiger charge is 2.53. The molecule has 0 radical (unpaired) electrons. The number of rotatable bonds is 9. The summed E-state index contributed by atoms with van der Waals surface area (Å²) in [7, 11) is -3.96. The standard InChI is InChI=1S/C22H20Cl2FN3O6S/c23-15-2-4-19(17(24)5-15)35(31,32)28-9-21(10-28,8-27-22(20(29)30)12-33-13-22)11-34-16-3-1-14(7-26)18(25)6-16/h1-6,27H,8-13H2,(H,29,30). The molecule has 2 aromatic rings. The Morgan fingerprint density at radius 3 is 2.51 bits per heavy atom. The van der Waals surface area contributed by atoms with Crippen LogP contribution in [0.25, 0.3) is 0 Å². The molecule has 0 saturated carbocycles. The van der Waals surface area contributed by atoms with Crippen LogP contribution in [0, 0.1) is 22.6 Å². The van der Waals surface area contributed by atoms with E-state index >= 15 is 0 Å². The Hall–Kier alpha value is -2.46. The molecular formula is C22H20Cl2FN3O6S. The van der Waals surface area contributed by atoms with E-state index in [4.69, 9.17) is 37.9 Å².